The van der Waals surface area contributed by atoms with Crippen molar-refractivity contribution < 1.29 is 9.50 Å². The van der Waals surface area contributed by atoms with E-state index in [4.69, 9.17) is 11.6 Å². The molecule has 1 unspecified atom stereocenters. The highest BCUT2D eigenvalue weighted by Gasteiger charge is 2.34. The van der Waals surface area contributed by atoms with Gasteiger partial charge < -0.3 is 10.0 Å². The third kappa shape index (κ3) is 4.41. The fourth-order valence-corrected chi connectivity index (χ4v) is 3.70. The zero-order chi connectivity index (χ0) is 17.9. The number of halogens is 2. The molecule has 0 saturated carbocycles. The van der Waals surface area contributed by atoms with Crippen LogP contribution in [0.5, 0.6) is 0 Å². The van der Waals surface area contributed by atoms with Gasteiger partial charge in [0.2, 0.25) is 0 Å². The molecule has 2 aromatic rings. The fraction of sp³-hybridized carbons (Fsp3) is 0.429. The molecule has 0 aliphatic carbocycles. The van der Waals surface area contributed by atoms with E-state index in [2.05, 4.69) is 4.90 Å². The number of piperidine rings is 1. The van der Waals surface area contributed by atoms with Crippen LogP contribution in [0.1, 0.15) is 37.3 Å². The van der Waals surface area contributed by atoms with Crippen molar-refractivity contribution in [3.8, 4) is 0 Å². The first-order valence-electron chi connectivity index (χ1n) is 8.84. The normalized spacial score (nSPS) is 20.2. The minimum absolute atomic E-state index is 0.243. The second-order valence-electron chi connectivity index (χ2n) is 7.19. The smallest absolute Gasteiger partial charge is 0.123 e. The molecule has 2 nitrogen and oxygen atoms in total. The van der Waals surface area contributed by atoms with E-state index in [0.29, 0.717) is 0 Å². The van der Waals surface area contributed by atoms with Crippen LogP contribution in [-0.2, 0) is 10.5 Å². The Morgan fingerprint density at radius 3 is 2.28 bits per heavy atom. The summed E-state index contributed by atoms with van der Waals surface area (Å²) in [5.74, 6) is -0.243. The quantitative estimate of drug-likeness (QED) is 0.783. The molecule has 1 aliphatic heterocycles. The van der Waals surface area contributed by atoms with Crippen molar-refractivity contribution >= 4 is 11.6 Å². The number of alkyl halides is 1. The summed E-state index contributed by atoms with van der Waals surface area (Å²) in [5, 5.41) is 10.9. The first-order chi connectivity index (χ1) is 11.9. The molecule has 1 saturated heterocycles. The minimum atomic E-state index is -0.723. The number of nitrogens with zero attached hydrogens (tertiary/aromatic N) is 1. The van der Waals surface area contributed by atoms with E-state index in [9.17, 15) is 9.50 Å². The molecule has 0 bridgehead atoms. The number of aliphatic hydroxyl groups is 1. The molecule has 1 heterocycles. The third-order valence-corrected chi connectivity index (χ3v) is 5.75. The van der Waals surface area contributed by atoms with Crippen molar-refractivity contribution in [2.75, 3.05) is 19.6 Å². The molecule has 0 aromatic heterocycles. The van der Waals surface area contributed by atoms with Crippen molar-refractivity contribution in [1.29, 1.82) is 0 Å². The lowest BCUT2D eigenvalue weighted by atomic mass is 9.84. The van der Waals surface area contributed by atoms with Crippen LogP contribution in [0.2, 0.25) is 0 Å². The van der Waals surface area contributed by atoms with Crippen molar-refractivity contribution in [3.63, 3.8) is 0 Å². The van der Waals surface area contributed by atoms with Gasteiger partial charge in [0, 0.05) is 19.6 Å². The summed E-state index contributed by atoms with van der Waals surface area (Å²) < 4.78 is 13.1. The molecule has 3 rings (SSSR count). The Labute approximate surface area is 154 Å². The average molecular weight is 362 g/mol. The van der Waals surface area contributed by atoms with Gasteiger partial charge in [-0.2, -0.15) is 0 Å². The van der Waals surface area contributed by atoms with Gasteiger partial charge in [-0.05, 0) is 49.4 Å². The van der Waals surface area contributed by atoms with E-state index in [-0.39, 0.29) is 5.82 Å². The van der Waals surface area contributed by atoms with Crippen LogP contribution in [0.3, 0.4) is 0 Å². The van der Waals surface area contributed by atoms with E-state index in [1.165, 1.54) is 12.1 Å². The molecule has 0 amide bonds. The highest BCUT2D eigenvalue weighted by atomic mass is 35.5. The SMILES string of the molecule is CC(Cl)(CCN1CCC(O)(c2ccccc2)CC1)c1ccc(F)cc1. The molecule has 1 atom stereocenters. The molecule has 1 aliphatic rings. The maximum Gasteiger partial charge on any atom is 0.123 e. The molecule has 0 spiro atoms. The summed E-state index contributed by atoms with van der Waals surface area (Å²) >= 11 is 6.69. The molecule has 1 N–H and O–H groups in total. The third-order valence-electron chi connectivity index (χ3n) is 5.34. The van der Waals surface area contributed by atoms with E-state index in [1.54, 1.807) is 12.1 Å². The van der Waals surface area contributed by atoms with Gasteiger partial charge in [-0.25, -0.2) is 4.39 Å². The van der Waals surface area contributed by atoms with Crippen molar-refractivity contribution in [1.82, 2.24) is 4.90 Å². The summed E-state index contributed by atoms with van der Waals surface area (Å²) in [6.45, 7) is 4.54. The molecular weight excluding hydrogens is 337 g/mol. The van der Waals surface area contributed by atoms with Crippen LogP contribution in [0.25, 0.3) is 0 Å². The van der Waals surface area contributed by atoms with Gasteiger partial charge >= 0.3 is 0 Å². The average Bonchev–Trinajstić information content (AvgIpc) is 2.62. The van der Waals surface area contributed by atoms with Crippen molar-refractivity contribution in [3.05, 3.63) is 71.5 Å². The van der Waals surface area contributed by atoms with E-state index in [1.807, 2.05) is 37.3 Å². The Hall–Kier alpha value is -1.42. The summed E-state index contributed by atoms with van der Waals surface area (Å²) in [4.78, 5) is 1.84. The Balaban J connectivity index is 1.55. The van der Waals surface area contributed by atoms with Crippen LogP contribution in [0.15, 0.2) is 54.6 Å². The zero-order valence-corrected chi connectivity index (χ0v) is 15.3. The first-order valence-corrected chi connectivity index (χ1v) is 9.22. The lowest BCUT2D eigenvalue weighted by Gasteiger charge is -2.39. The summed E-state index contributed by atoms with van der Waals surface area (Å²) in [6.07, 6.45) is 2.24. The number of hydrogen-bond donors (Lipinski definition) is 1. The Morgan fingerprint density at radius 1 is 1.08 bits per heavy atom. The van der Waals surface area contributed by atoms with E-state index in [0.717, 1.165) is 50.0 Å². The van der Waals surface area contributed by atoms with Gasteiger partial charge in [0.05, 0.1) is 10.5 Å². The van der Waals surface area contributed by atoms with Crippen molar-refractivity contribution in [2.24, 2.45) is 0 Å². The molecule has 4 heteroatoms. The van der Waals surface area contributed by atoms with Gasteiger partial charge in [0.25, 0.3) is 0 Å². The van der Waals surface area contributed by atoms with Crippen LogP contribution in [0.4, 0.5) is 4.39 Å². The molecule has 134 valence electrons. The maximum atomic E-state index is 13.1. The number of rotatable bonds is 5. The first kappa shape index (κ1) is 18.4. The fourth-order valence-electron chi connectivity index (χ4n) is 3.49. The largest absolute Gasteiger partial charge is 0.385 e. The second kappa shape index (κ2) is 7.45. The Bertz CT molecular complexity index is 679. The lowest BCUT2D eigenvalue weighted by molar-refractivity contribution is -0.0264. The molecular formula is C21H25ClFNO. The van der Waals surface area contributed by atoms with Gasteiger partial charge in [-0.1, -0.05) is 42.5 Å². The monoisotopic (exact) mass is 361 g/mol. The highest BCUT2D eigenvalue weighted by Crippen LogP contribution is 2.35. The van der Waals surface area contributed by atoms with Gasteiger partial charge in [0.1, 0.15) is 5.82 Å². The molecule has 1 fully saturated rings. The number of likely N-dealkylation sites (tertiary alicyclic amines) is 1. The predicted octanol–water partition coefficient (Wildman–Crippen LogP) is 4.65. The highest BCUT2D eigenvalue weighted by molar-refractivity contribution is 6.23. The number of hydrogen-bond acceptors (Lipinski definition) is 2. The van der Waals surface area contributed by atoms with E-state index >= 15 is 0 Å². The summed E-state index contributed by atoms with van der Waals surface area (Å²) in [5.41, 5.74) is 1.22. The molecule has 25 heavy (non-hydrogen) atoms. The Kier molecular flexibility index (Phi) is 5.47. The van der Waals surface area contributed by atoms with Gasteiger partial charge in [-0.3, -0.25) is 0 Å². The van der Waals surface area contributed by atoms with Crippen LogP contribution in [-0.4, -0.2) is 29.6 Å². The maximum absolute atomic E-state index is 13.1. The molecule has 0 radical (unpaired) electrons. The van der Waals surface area contributed by atoms with Crippen LogP contribution in [0, 0.1) is 5.82 Å². The van der Waals surface area contributed by atoms with Crippen LogP contribution >= 0.6 is 11.6 Å². The topological polar surface area (TPSA) is 23.5 Å². The summed E-state index contributed by atoms with van der Waals surface area (Å²) in [6, 6.07) is 16.3. The van der Waals surface area contributed by atoms with E-state index < -0.39 is 10.5 Å². The number of benzene rings is 2. The van der Waals surface area contributed by atoms with Gasteiger partial charge in [-0.15, -0.1) is 11.6 Å². The predicted molar refractivity (Wildman–Crippen MR) is 100 cm³/mol. The minimum Gasteiger partial charge on any atom is -0.385 e. The summed E-state index contributed by atoms with van der Waals surface area (Å²) in [7, 11) is 0. The van der Waals surface area contributed by atoms with Gasteiger partial charge in [0.15, 0.2) is 0 Å². The lowest BCUT2D eigenvalue weighted by Crippen LogP contribution is -2.43. The second-order valence-corrected chi connectivity index (χ2v) is 8.03. The van der Waals surface area contributed by atoms with Crippen molar-refractivity contribution in [2.45, 2.75) is 36.7 Å². The van der Waals surface area contributed by atoms with Crippen LogP contribution < -0.4 is 0 Å². The standard InChI is InChI=1S/C21H25ClFNO/c1-20(22,17-7-9-19(23)10-8-17)11-14-24-15-12-21(25,13-16-24)18-5-3-2-4-6-18/h2-10,25H,11-16H2,1H3. The Morgan fingerprint density at radius 2 is 1.68 bits per heavy atom. The molecule has 2 aromatic carbocycles. The zero-order valence-electron chi connectivity index (χ0n) is 14.6.